The third-order valence-electron chi connectivity index (χ3n) is 2.91. The summed E-state index contributed by atoms with van der Waals surface area (Å²) in [5.74, 6) is 1.52. The van der Waals surface area contributed by atoms with Gasteiger partial charge in [0, 0.05) is 13.1 Å². The molecule has 2 rings (SSSR count). The number of hydrogen-bond acceptors (Lipinski definition) is 3. The number of carbonyl (C=O) groups excluding carboxylic acids is 1. The Morgan fingerprint density at radius 1 is 1.33 bits per heavy atom. The predicted octanol–water partition coefficient (Wildman–Crippen LogP) is 3.04. The zero-order valence-corrected chi connectivity index (χ0v) is 10.1. The number of anilines is 1. The number of thiophene rings is 1. The number of aldehydes is 1. The zero-order chi connectivity index (χ0) is 10.8. The molecule has 1 aromatic rings. The van der Waals surface area contributed by atoms with Crippen molar-refractivity contribution in [1.82, 2.24) is 0 Å². The standard InChI is InChI=1S/C12H17NOS/c1-9-5-10(2)7-13(6-9)12-4-3-11(8-14)15-12/h3-4,8-10H,5-7H2,1-2H3. The molecule has 2 heterocycles. The number of piperidine rings is 1. The first-order valence-corrected chi connectivity index (χ1v) is 6.30. The van der Waals surface area contributed by atoms with E-state index in [1.807, 2.05) is 6.07 Å². The summed E-state index contributed by atoms with van der Waals surface area (Å²) in [5, 5.41) is 1.25. The lowest BCUT2D eigenvalue weighted by Gasteiger charge is -2.35. The van der Waals surface area contributed by atoms with Gasteiger partial charge in [-0.15, -0.1) is 11.3 Å². The Labute approximate surface area is 94.9 Å². The first kappa shape index (κ1) is 10.7. The van der Waals surface area contributed by atoms with E-state index in [0.717, 1.165) is 36.1 Å². The van der Waals surface area contributed by atoms with Crippen molar-refractivity contribution in [2.24, 2.45) is 11.8 Å². The average Bonchev–Trinajstić information content (AvgIpc) is 2.64. The highest BCUT2D eigenvalue weighted by atomic mass is 32.1. The molecule has 1 fully saturated rings. The van der Waals surface area contributed by atoms with Crippen molar-refractivity contribution in [3.8, 4) is 0 Å². The van der Waals surface area contributed by atoms with E-state index in [2.05, 4.69) is 24.8 Å². The van der Waals surface area contributed by atoms with Crippen molar-refractivity contribution in [3.05, 3.63) is 17.0 Å². The lowest BCUT2D eigenvalue weighted by Crippen LogP contribution is -2.38. The summed E-state index contributed by atoms with van der Waals surface area (Å²) in [4.78, 5) is 13.9. The minimum Gasteiger partial charge on any atom is -0.363 e. The van der Waals surface area contributed by atoms with E-state index in [-0.39, 0.29) is 0 Å². The minimum atomic E-state index is 0.760. The van der Waals surface area contributed by atoms with Crippen LogP contribution < -0.4 is 4.90 Å². The molecule has 0 spiro atoms. The normalized spacial score (nSPS) is 26.7. The Morgan fingerprint density at radius 3 is 2.53 bits per heavy atom. The Morgan fingerprint density at radius 2 is 2.00 bits per heavy atom. The summed E-state index contributed by atoms with van der Waals surface area (Å²) in [7, 11) is 0. The number of carbonyl (C=O) groups is 1. The van der Waals surface area contributed by atoms with Crippen LogP contribution in [0.25, 0.3) is 0 Å². The second-order valence-electron chi connectivity index (χ2n) is 4.64. The van der Waals surface area contributed by atoms with Crippen molar-refractivity contribution in [2.45, 2.75) is 20.3 Å². The first-order valence-electron chi connectivity index (χ1n) is 5.49. The molecule has 0 N–H and O–H groups in total. The summed E-state index contributed by atoms with van der Waals surface area (Å²) >= 11 is 1.60. The summed E-state index contributed by atoms with van der Waals surface area (Å²) in [6.45, 7) is 6.86. The molecule has 15 heavy (non-hydrogen) atoms. The summed E-state index contributed by atoms with van der Waals surface area (Å²) in [5.41, 5.74) is 0. The highest BCUT2D eigenvalue weighted by molar-refractivity contribution is 7.17. The van der Waals surface area contributed by atoms with Crippen LogP contribution in [0.1, 0.15) is 29.9 Å². The molecule has 0 aromatic carbocycles. The zero-order valence-electron chi connectivity index (χ0n) is 9.27. The molecule has 0 amide bonds. The van der Waals surface area contributed by atoms with Crippen molar-refractivity contribution in [2.75, 3.05) is 18.0 Å². The van der Waals surface area contributed by atoms with Crippen LogP contribution in [-0.4, -0.2) is 19.4 Å². The van der Waals surface area contributed by atoms with Gasteiger partial charge in [0.05, 0.1) is 9.88 Å². The van der Waals surface area contributed by atoms with E-state index >= 15 is 0 Å². The first-order chi connectivity index (χ1) is 7.19. The van der Waals surface area contributed by atoms with Gasteiger partial charge in [0.25, 0.3) is 0 Å². The number of hydrogen-bond donors (Lipinski definition) is 0. The van der Waals surface area contributed by atoms with Gasteiger partial charge in [-0.05, 0) is 30.4 Å². The van der Waals surface area contributed by atoms with Crippen LogP contribution in [0.2, 0.25) is 0 Å². The highest BCUT2D eigenvalue weighted by Crippen LogP contribution is 2.30. The fourth-order valence-electron chi connectivity index (χ4n) is 2.42. The Hall–Kier alpha value is -0.830. The minimum absolute atomic E-state index is 0.760. The van der Waals surface area contributed by atoms with E-state index < -0.39 is 0 Å². The number of nitrogens with zero attached hydrogens (tertiary/aromatic N) is 1. The summed E-state index contributed by atoms with van der Waals surface area (Å²) < 4.78 is 0. The van der Waals surface area contributed by atoms with Gasteiger partial charge in [-0.3, -0.25) is 4.79 Å². The topological polar surface area (TPSA) is 20.3 Å². The van der Waals surface area contributed by atoms with Crippen LogP contribution in [0, 0.1) is 11.8 Å². The molecule has 3 heteroatoms. The van der Waals surface area contributed by atoms with Gasteiger partial charge in [-0.25, -0.2) is 0 Å². The van der Waals surface area contributed by atoms with E-state index in [0.29, 0.717) is 0 Å². The van der Waals surface area contributed by atoms with Crippen molar-refractivity contribution in [1.29, 1.82) is 0 Å². The lowest BCUT2D eigenvalue weighted by atomic mass is 9.92. The molecule has 2 unspecified atom stereocenters. The molecule has 0 aliphatic carbocycles. The quantitative estimate of drug-likeness (QED) is 0.718. The monoisotopic (exact) mass is 223 g/mol. The summed E-state index contributed by atoms with van der Waals surface area (Å²) in [6.07, 6.45) is 2.26. The van der Waals surface area contributed by atoms with Gasteiger partial charge in [-0.1, -0.05) is 13.8 Å². The van der Waals surface area contributed by atoms with Gasteiger partial charge in [-0.2, -0.15) is 0 Å². The van der Waals surface area contributed by atoms with Gasteiger partial charge in [0.15, 0.2) is 6.29 Å². The van der Waals surface area contributed by atoms with Crippen molar-refractivity contribution in [3.63, 3.8) is 0 Å². The van der Waals surface area contributed by atoms with Gasteiger partial charge in [0.1, 0.15) is 0 Å². The maximum Gasteiger partial charge on any atom is 0.160 e. The molecular formula is C12H17NOS. The van der Waals surface area contributed by atoms with E-state index in [4.69, 9.17) is 0 Å². The molecule has 1 aromatic heterocycles. The molecular weight excluding hydrogens is 206 g/mol. The molecule has 1 saturated heterocycles. The van der Waals surface area contributed by atoms with Crippen LogP contribution in [-0.2, 0) is 0 Å². The molecule has 0 radical (unpaired) electrons. The van der Waals surface area contributed by atoms with Crippen LogP contribution in [0.3, 0.4) is 0 Å². The van der Waals surface area contributed by atoms with Crippen LogP contribution >= 0.6 is 11.3 Å². The van der Waals surface area contributed by atoms with Crippen LogP contribution in [0.5, 0.6) is 0 Å². The summed E-state index contributed by atoms with van der Waals surface area (Å²) in [6, 6.07) is 3.98. The predicted molar refractivity (Wildman–Crippen MR) is 64.9 cm³/mol. The number of rotatable bonds is 2. The molecule has 82 valence electrons. The fraction of sp³-hybridized carbons (Fsp3) is 0.583. The Balaban J connectivity index is 2.12. The smallest absolute Gasteiger partial charge is 0.160 e. The highest BCUT2D eigenvalue weighted by Gasteiger charge is 2.22. The molecule has 0 saturated carbocycles. The largest absolute Gasteiger partial charge is 0.363 e. The second kappa shape index (κ2) is 4.35. The molecule has 1 aliphatic heterocycles. The van der Waals surface area contributed by atoms with Crippen molar-refractivity contribution < 1.29 is 4.79 Å². The Bertz CT molecular complexity index is 337. The van der Waals surface area contributed by atoms with E-state index in [9.17, 15) is 4.79 Å². The third kappa shape index (κ3) is 2.40. The third-order valence-corrected chi connectivity index (χ3v) is 3.98. The van der Waals surface area contributed by atoms with E-state index in [1.54, 1.807) is 11.3 Å². The fourth-order valence-corrected chi connectivity index (χ4v) is 3.26. The molecule has 0 bridgehead atoms. The molecule has 2 atom stereocenters. The van der Waals surface area contributed by atoms with Crippen LogP contribution in [0.15, 0.2) is 12.1 Å². The molecule has 1 aliphatic rings. The average molecular weight is 223 g/mol. The van der Waals surface area contributed by atoms with Crippen molar-refractivity contribution >= 4 is 22.6 Å². The van der Waals surface area contributed by atoms with Gasteiger partial charge >= 0.3 is 0 Å². The Kier molecular flexibility index (Phi) is 3.10. The van der Waals surface area contributed by atoms with Gasteiger partial charge in [0.2, 0.25) is 0 Å². The lowest BCUT2D eigenvalue weighted by molar-refractivity contribution is 0.112. The second-order valence-corrected chi connectivity index (χ2v) is 5.74. The van der Waals surface area contributed by atoms with Crippen LogP contribution in [0.4, 0.5) is 5.00 Å². The van der Waals surface area contributed by atoms with E-state index in [1.165, 1.54) is 11.4 Å². The van der Waals surface area contributed by atoms with Gasteiger partial charge < -0.3 is 4.90 Å². The maximum atomic E-state index is 10.6. The maximum absolute atomic E-state index is 10.6. The SMILES string of the molecule is CC1CC(C)CN(c2ccc(C=O)s2)C1. The molecule has 2 nitrogen and oxygen atoms in total.